The molecule has 0 unspecified atom stereocenters. The summed E-state index contributed by atoms with van der Waals surface area (Å²) in [6.45, 7) is 0.834. The summed E-state index contributed by atoms with van der Waals surface area (Å²) in [6, 6.07) is 5.13. The molecule has 0 saturated carbocycles. The summed E-state index contributed by atoms with van der Waals surface area (Å²) in [5.74, 6) is 0.0464. The molecule has 1 aromatic rings. The van der Waals surface area contributed by atoms with Gasteiger partial charge in [0.25, 0.3) is 0 Å². The van der Waals surface area contributed by atoms with Crippen LogP contribution in [-0.2, 0) is 6.54 Å². The number of carbonyl (C=O) groups is 1. The van der Waals surface area contributed by atoms with E-state index >= 15 is 0 Å². The zero-order chi connectivity index (χ0) is 10.8. The van der Waals surface area contributed by atoms with Gasteiger partial charge in [0.1, 0.15) is 12.3 Å². The zero-order valence-corrected chi connectivity index (χ0v) is 8.82. The number of phenols is 1. The van der Waals surface area contributed by atoms with Crippen LogP contribution in [-0.4, -0.2) is 37.0 Å². The first-order valence-electron chi connectivity index (χ1n) is 4.50. The molecule has 0 heterocycles. The Morgan fingerprint density at radius 3 is 2.50 bits per heavy atom. The van der Waals surface area contributed by atoms with Crippen LogP contribution in [0.5, 0.6) is 5.75 Å². The minimum Gasteiger partial charge on any atom is -0.507 e. The average Bonchev–Trinajstić information content (AvgIpc) is 2.06. The third-order valence-corrected chi connectivity index (χ3v) is 1.88. The van der Waals surface area contributed by atoms with Gasteiger partial charge in [-0.1, -0.05) is 0 Å². The molecule has 1 rings (SSSR count). The van der Waals surface area contributed by atoms with E-state index in [1.807, 2.05) is 6.07 Å². The van der Waals surface area contributed by atoms with Crippen molar-refractivity contribution < 1.29 is 14.4 Å². The number of phenolic OH excluding ortho intramolecular Hbond substituents is 1. The molecule has 1 N–H and O–H groups in total. The van der Waals surface area contributed by atoms with Gasteiger partial charge in [0.2, 0.25) is 0 Å². The molecule has 0 radical (unpaired) electrons. The number of hydrogen-bond donors (Lipinski definition) is 1. The van der Waals surface area contributed by atoms with Gasteiger partial charge in [0.15, 0.2) is 6.29 Å². The van der Waals surface area contributed by atoms with Crippen molar-refractivity contribution in [1.29, 1.82) is 0 Å². The molecular formula is C11H16NO2+. The molecule has 0 atom stereocenters. The molecule has 0 aromatic heterocycles. The topological polar surface area (TPSA) is 37.3 Å². The number of aldehydes is 1. The van der Waals surface area contributed by atoms with Gasteiger partial charge in [0, 0.05) is 5.56 Å². The number of rotatable bonds is 3. The minimum atomic E-state index is 0.0464. The lowest BCUT2D eigenvalue weighted by atomic mass is 10.1. The molecule has 0 saturated heterocycles. The SMILES string of the molecule is C[N+](C)(C)Cc1ccc(O)c(C=O)c1. The van der Waals surface area contributed by atoms with Crippen molar-refractivity contribution in [2.45, 2.75) is 6.54 Å². The molecule has 1 aromatic carbocycles. The van der Waals surface area contributed by atoms with Crippen molar-refractivity contribution in [3.63, 3.8) is 0 Å². The van der Waals surface area contributed by atoms with Gasteiger partial charge in [-0.2, -0.15) is 0 Å². The van der Waals surface area contributed by atoms with Crippen LogP contribution in [0.1, 0.15) is 15.9 Å². The third-order valence-electron chi connectivity index (χ3n) is 1.88. The van der Waals surface area contributed by atoms with Crippen LogP contribution in [0.3, 0.4) is 0 Å². The summed E-state index contributed by atoms with van der Waals surface area (Å²) in [7, 11) is 6.23. The molecule has 0 bridgehead atoms. The molecule has 14 heavy (non-hydrogen) atoms. The van der Waals surface area contributed by atoms with Crippen LogP contribution in [0.25, 0.3) is 0 Å². The monoisotopic (exact) mass is 194 g/mol. The standard InChI is InChI=1S/C11H15NO2/c1-12(2,3)7-9-4-5-11(14)10(6-9)8-13/h4-6,8H,7H2,1-3H3/p+1. The van der Waals surface area contributed by atoms with E-state index in [1.165, 1.54) is 0 Å². The first kappa shape index (κ1) is 10.7. The fraction of sp³-hybridized carbons (Fsp3) is 0.364. The second-order valence-corrected chi connectivity index (χ2v) is 4.46. The van der Waals surface area contributed by atoms with Crippen molar-refractivity contribution in [2.75, 3.05) is 21.1 Å². The molecule has 0 aliphatic heterocycles. The van der Waals surface area contributed by atoms with Gasteiger partial charge < -0.3 is 9.59 Å². The van der Waals surface area contributed by atoms with Crippen molar-refractivity contribution in [1.82, 2.24) is 0 Å². The van der Waals surface area contributed by atoms with Gasteiger partial charge >= 0.3 is 0 Å². The molecule has 3 nitrogen and oxygen atoms in total. The molecule has 0 aliphatic rings. The maximum atomic E-state index is 10.6. The molecule has 0 aliphatic carbocycles. The summed E-state index contributed by atoms with van der Waals surface area (Å²) < 4.78 is 0.795. The largest absolute Gasteiger partial charge is 0.507 e. The lowest BCUT2D eigenvalue weighted by Gasteiger charge is -2.24. The van der Waals surface area contributed by atoms with Crippen LogP contribution in [0.2, 0.25) is 0 Å². The molecule has 3 heteroatoms. The quantitative estimate of drug-likeness (QED) is 0.583. The van der Waals surface area contributed by atoms with Crippen molar-refractivity contribution in [2.24, 2.45) is 0 Å². The first-order chi connectivity index (χ1) is 6.42. The highest BCUT2D eigenvalue weighted by molar-refractivity contribution is 5.79. The highest BCUT2D eigenvalue weighted by Gasteiger charge is 2.10. The Morgan fingerprint density at radius 2 is 2.00 bits per heavy atom. The number of nitrogens with zero attached hydrogens (tertiary/aromatic N) is 1. The van der Waals surface area contributed by atoms with E-state index < -0.39 is 0 Å². The van der Waals surface area contributed by atoms with E-state index in [-0.39, 0.29) is 5.75 Å². The molecule has 0 spiro atoms. The van der Waals surface area contributed by atoms with Crippen molar-refractivity contribution in [3.8, 4) is 5.75 Å². The van der Waals surface area contributed by atoms with E-state index in [1.54, 1.807) is 12.1 Å². The highest BCUT2D eigenvalue weighted by atomic mass is 16.3. The van der Waals surface area contributed by atoms with E-state index in [9.17, 15) is 9.90 Å². The number of benzene rings is 1. The predicted molar refractivity (Wildman–Crippen MR) is 55.2 cm³/mol. The van der Waals surface area contributed by atoms with E-state index in [4.69, 9.17) is 0 Å². The summed E-state index contributed by atoms with van der Waals surface area (Å²) in [4.78, 5) is 10.6. The number of quaternary nitrogens is 1. The van der Waals surface area contributed by atoms with Crippen LogP contribution in [0.15, 0.2) is 18.2 Å². The highest BCUT2D eigenvalue weighted by Crippen LogP contribution is 2.17. The van der Waals surface area contributed by atoms with Gasteiger partial charge in [-0.15, -0.1) is 0 Å². The second kappa shape index (κ2) is 3.80. The Kier molecular flexibility index (Phi) is 2.91. The first-order valence-corrected chi connectivity index (χ1v) is 4.50. The van der Waals surface area contributed by atoms with E-state index in [2.05, 4.69) is 21.1 Å². The zero-order valence-electron chi connectivity index (χ0n) is 8.82. The van der Waals surface area contributed by atoms with Crippen LogP contribution in [0.4, 0.5) is 0 Å². The summed E-state index contributed by atoms with van der Waals surface area (Å²) in [5, 5.41) is 9.30. The van der Waals surface area contributed by atoms with Gasteiger partial charge in [-0.25, -0.2) is 0 Å². The van der Waals surface area contributed by atoms with Crippen LogP contribution in [0, 0.1) is 0 Å². The maximum absolute atomic E-state index is 10.6. The Labute approximate surface area is 84.2 Å². The van der Waals surface area contributed by atoms with Crippen molar-refractivity contribution in [3.05, 3.63) is 29.3 Å². The van der Waals surface area contributed by atoms with Gasteiger partial charge in [-0.3, -0.25) is 4.79 Å². The van der Waals surface area contributed by atoms with Crippen LogP contribution < -0.4 is 0 Å². The summed E-state index contributed by atoms with van der Waals surface area (Å²) >= 11 is 0. The Balaban J connectivity index is 2.95. The average molecular weight is 194 g/mol. The fourth-order valence-electron chi connectivity index (χ4n) is 1.34. The second-order valence-electron chi connectivity index (χ2n) is 4.46. The lowest BCUT2D eigenvalue weighted by Crippen LogP contribution is -2.33. The fourth-order valence-corrected chi connectivity index (χ4v) is 1.34. The van der Waals surface area contributed by atoms with Gasteiger partial charge in [0.05, 0.1) is 26.7 Å². The Bertz CT molecular complexity index is 340. The lowest BCUT2D eigenvalue weighted by molar-refractivity contribution is -0.884. The number of aromatic hydroxyl groups is 1. The van der Waals surface area contributed by atoms with Crippen molar-refractivity contribution >= 4 is 6.29 Å². The predicted octanol–water partition coefficient (Wildman–Crippen LogP) is 1.41. The minimum absolute atomic E-state index is 0.0464. The Morgan fingerprint density at radius 1 is 1.36 bits per heavy atom. The third kappa shape index (κ3) is 2.85. The molecule has 0 fully saturated rings. The maximum Gasteiger partial charge on any atom is 0.153 e. The van der Waals surface area contributed by atoms with E-state index in [0.29, 0.717) is 11.8 Å². The van der Waals surface area contributed by atoms with Gasteiger partial charge in [-0.05, 0) is 18.2 Å². The molecular weight excluding hydrogens is 178 g/mol. The normalized spacial score (nSPS) is 11.4. The number of hydrogen-bond acceptors (Lipinski definition) is 2. The van der Waals surface area contributed by atoms with Crippen LogP contribution >= 0.6 is 0 Å². The smallest absolute Gasteiger partial charge is 0.153 e. The van der Waals surface area contributed by atoms with E-state index in [0.717, 1.165) is 16.6 Å². The number of carbonyl (C=O) groups excluding carboxylic acids is 1. The molecule has 0 amide bonds. The Hall–Kier alpha value is -1.35. The summed E-state index contributed by atoms with van der Waals surface area (Å²) in [5.41, 5.74) is 1.41. The molecule has 76 valence electrons. The summed E-state index contributed by atoms with van der Waals surface area (Å²) in [6.07, 6.45) is 0.675.